The zero-order valence-electron chi connectivity index (χ0n) is 15.5. The number of rotatable bonds is 3. The number of thioether (sulfide) groups is 1. The van der Waals surface area contributed by atoms with Crippen LogP contribution in [0, 0.1) is 0 Å². The van der Waals surface area contributed by atoms with E-state index in [0.717, 1.165) is 36.5 Å². The van der Waals surface area contributed by atoms with Crippen molar-refractivity contribution in [2.45, 2.75) is 50.9 Å². The average molecular weight is 388 g/mol. The average Bonchev–Trinajstić information content (AvgIpc) is 3.08. The van der Waals surface area contributed by atoms with Crippen molar-refractivity contribution in [1.82, 2.24) is 15.2 Å². The number of hydrogen-bond acceptors (Lipinski definition) is 5. The predicted octanol–water partition coefficient (Wildman–Crippen LogP) is 4.35. The lowest BCUT2D eigenvalue weighted by Crippen LogP contribution is -2.35. The molecule has 4 nitrogen and oxygen atoms in total. The molecule has 0 fully saturated rings. The van der Waals surface area contributed by atoms with E-state index >= 15 is 0 Å². The summed E-state index contributed by atoms with van der Waals surface area (Å²) in [5, 5.41) is 4.39. The molecule has 1 N–H and O–H groups in total. The van der Waals surface area contributed by atoms with Gasteiger partial charge in [-0.2, -0.15) is 0 Å². The number of hydrogen-bond donors (Lipinski definition) is 1. The van der Waals surface area contributed by atoms with Crippen molar-refractivity contribution in [2.75, 3.05) is 13.1 Å². The van der Waals surface area contributed by atoms with E-state index in [9.17, 15) is 4.79 Å². The topological polar surface area (TPSA) is 45.2 Å². The SMILES string of the molecule is CC(=O)NC1SC2=C(CCN(C(C)C)CC2)C1c1nc2ccccc2s1. The third-order valence-electron chi connectivity index (χ3n) is 5.25. The molecule has 0 bridgehead atoms. The monoisotopic (exact) mass is 387 g/mol. The maximum Gasteiger partial charge on any atom is 0.217 e. The van der Waals surface area contributed by atoms with Gasteiger partial charge in [0.25, 0.3) is 0 Å². The van der Waals surface area contributed by atoms with Crippen LogP contribution < -0.4 is 5.32 Å². The Labute approximate surface area is 163 Å². The van der Waals surface area contributed by atoms with Crippen molar-refractivity contribution in [3.05, 3.63) is 39.8 Å². The standard InChI is InChI=1S/C20H25N3OS2/c1-12(2)23-10-8-14-16(9-11-23)25-19(21-13(3)24)18(14)20-22-15-6-4-5-7-17(15)26-20/h4-7,12,18-19H,8-11H2,1-3H3,(H,21,24). The quantitative estimate of drug-likeness (QED) is 0.851. The first-order valence-corrected chi connectivity index (χ1v) is 11.0. The molecule has 2 unspecified atom stereocenters. The number of carbonyl (C=O) groups excluding carboxylic acids is 1. The summed E-state index contributed by atoms with van der Waals surface area (Å²) in [4.78, 5) is 20.8. The third kappa shape index (κ3) is 3.42. The van der Waals surface area contributed by atoms with Crippen LogP contribution in [0.15, 0.2) is 34.7 Å². The summed E-state index contributed by atoms with van der Waals surface area (Å²) in [7, 11) is 0. The van der Waals surface area contributed by atoms with Gasteiger partial charge in [0.05, 0.1) is 21.5 Å². The number of thiazole rings is 1. The minimum absolute atomic E-state index is 0.0371. The van der Waals surface area contributed by atoms with Crippen molar-refractivity contribution in [3.63, 3.8) is 0 Å². The van der Waals surface area contributed by atoms with E-state index in [1.54, 1.807) is 18.3 Å². The lowest BCUT2D eigenvalue weighted by atomic mass is 9.95. The van der Waals surface area contributed by atoms with E-state index in [1.165, 1.54) is 15.2 Å². The van der Waals surface area contributed by atoms with Gasteiger partial charge in [0, 0.05) is 26.1 Å². The van der Waals surface area contributed by atoms with Gasteiger partial charge < -0.3 is 10.2 Å². The van der Waals surface area contributed by atoms with Gasteiger partial charge in [0.2, 0.25) is 5.91 Å². The number of fused-ring (bicyclic) bond motifs is 1. The molecule has 2 atom stereocenters. The van der Waals surface area contributed by atoms with Crippen LogP contribution in [0.3, 0.4) is 0 Å². The van der Waals surface area contributed by atoms with E-state index in [0.29, 0.717) is 6.04 Å². The van der Waals surface area contributed by atoms with Crippen molar-refractivity contribution in [3.8, 4) is 0 Å². The zero-order valence-corrected chi connectivity index (χ0v) is 17.1. The summed E-state index contributed by atoms with van der Waals surface area (Å²) in [5.41, 5.74) is 2.56. The summed E-state index contributed by atoms with van der Waals surface area (Å²) in [6.45, 7) is 8.34. The number of nitrogens with zero attached hydrogens (tertiary/aromatic N) is 2. The zero-order chi connectivity index (χ0) is 18.3. The Balaban J connectivity index is 1.69. The molecular weight excluding hydrogens is 362 g/mol. The number of benzene rings is 1. The Hall–Kier alpha value is -1.37. The maximum absolute atomic E-state index is 11.8. The van der Waals surface area contributed by atoms with Crippen LogP contribution in [-0.4, -0.2) is 40.3 Å². The van der Waals surface area contributed by atoms with Crippen LogP contribution in [0.2, 0.25) is 0 Å². The van der Waals surface area contributed by atoms with Gasteiger partial charge in [-0.25, -0.2) is 4.98 Å². The van der Waals surface area contributed by atoms with Gasteiger partial charge >= 0.3 is 0 Å². The molecule has 3 heterocycles. The molecule has 0 spiro atoms. The van der Waals surface area contributed by atoms with E-state index in [4.69, 9.17) is 4.98 Å². The molecule has 2 aromatic rings. The number of para-hydroxylation sites is 1. The number of aromatic nitrogens is 1. The lowest BCUT2D eigenvalue weighted by molar-refractivity contribution is -0.119. The van der Waals surface area contributed by atoms with E-state index < -0.39 is 0 Å². The molecule has 2 aliphatic heterocycles. The number of nitrogens with one attached hydrogen (secondary N) is 1. The first-order valence-electron chi connectivity index (χ1n) is 9.28. The summed E-state index contributed by atoms with van der Waals surface area (Å²) in [5.74, 6) is 0.235. The Bertz CT molecular complexity index is 825. The second-order valence-corrected chi connectivity index (χ2v) is 9.61. The van der Waals surface area contributed by atoms with Gasteiger partial charge in [0.15, 0.2) is 0 Å². The molecule has 1 amide bonds. The van der Waals surface area contributed by atoms with Crippen LogP contribution in [0.5, 0.6) is 0 Å². The highest BCUT2D eigenvalue weighted by Crippen LogP contribution is 2.51. The summed E-state index contributed by atoms with van der Waals surface area (Å²) >= 11 is 3.62. The van der Waals surface area contributed by atoms with E-state index in [1.807, 2.05) is 17.8 Å². The van der Waals surface area contributed by atoms with Gasteiger partial charge in [-0.05, 0) is 49.3 Å². The van der Waals surface area contributed by atoms with Gasteiger partial charge in [0.1, 0.15) is 5.01 Å². The molecule has 0 radical (unpaired) electrons. The van der Waals surface area contributed by atoms with Gasteiger partial charge in [-0.15, -0.1) is 23.1 Å². The molecule has 4 rings (SSSR count). The molecule has 2 aliphatic rings. The highest BCUT2D eigenvalue weighted by molar-refractivity contribution is 8.04. The fourth-order valence-electron chi connectivity index (χ4n) is 3.92. The first-order chi connectivity index (χ1) is 12.5. The number of amides is 1. The highest BCUT2D eigenvalue weighted by Gasteiger charge is 2.40. The Morgan fingerprint density at radius 1 is 1.27 bits per heavy atom. The Kier molecular flexibility index (Phi) is 5.08. The Morgan fingerprint density at radius 3 is 2.77 bits per heavy atom. The van der Waals surface area contributed by atoms with E-state index in [-0.39, 0.29) is 17.2 Å². The van der Waals surface area contributed by atoms with Gasteiger partial charge in [-0.1, -0.05) is 12.1 Å². The molecule has 1 aromatic heterocycles. The Morgan fingerprint density at radius 2 is 2.04 bits per heavy atom. The highest BCUT2D eigenvalue weighted by atomic mass is 32.2. The van der Waals surface area contributed by atoms with Crippen LogP contribution in [0.25, 0.3) is 10.2 Å². The van der Waals surface area contributed by atoms with Crippen molar-refractivity contribution < 1.29 is 4.79 Å². The first kappa shape index (κ1) is 18.0. The van der Waals surface area contributed by atoms with Gasteiger partial charge in [-0.3, -0.25) is 4.79 Å². The summed E-state index contributed by atoms with van der Waals surface area (Å²) in [6.07, 6.45) is 2.15. The van der Waals surface area contributed by atoms with E-state index in [2.05, 4.69) is 42.3 Å². The normalized spacial score (nSPS) is 24.2. The summed E-state index contributed by atoms with van der Waals surface area (Å²) in [6, 6.07) is 8.89. The molecule has 138 valence electrons. The number of carbonyl (C=O) groups is 1. The van der Waals surface area contributed by atoms with Crippen LogP contribution in [0.1, 0.15) is 44.5 Å². The lowest BCUT2D eigenvalue weighted by Gasteiger charge is -2.26. The maximum atomic E-state index is 11.8. The molecule has 6 heteroatoms. The van der Waals surface area contributed by atoms with Crippen molar-refractivity contribution in [2.24, 2.45) is 0 Å². The third-order valence-corrected chi connectivity index (χ3v) is 7.77. The molecule has 0 aliphatic carbocycles. The fourth-order valence-corrected chi connectivity index (χ4v) is 6.70. The molecule has 1 aromatic carbocycles. The van der Waals surface area contributed by atoms with Crippen LogP contribution in [-0.2, 0) is 4.79 Å². The molecule has 0 saturated heterocycles. The largest absolute Gasteiger partial charge is 0.343 e. The molecule has 0 saturated carbocycles. The van der Waals surface area contributed by atoms with Crippen molar-refractivity contribution >= 4 is 39.2 Å². The second-order valence-electron chi connectivity index (χ2n) is 7.31. The van der Waals surface area contributed by atoms with Crippen LogP contribution >= 0.6 is 23.1 Å². The fraction of sp³-hybridized carbons (Fsp3) is 0.500. The smallest absolute Gasteiger partial charge is 0.217 e. The summed E-state index contributed by atoms with van der Waals surface area (Å²) < 4.78 is 1.22. The minimum Gasteiger partial charge on any atom is -0.343 e. The van der Waals surface area contributed by atoms with Crippen molar-refractivity contribution in [1.29, 1.82) is 0 Å². The van der Waals surface area contributed by atoms with Crippen LogP contribution in [0.4, 0.5) is 0 Å². The molecular formula is C20H25N3OS2. The predicted molar refractivity (Wildman–Crippen MR) is 111 cm³/mol. The second kappa shape index (κ2) is 7.33. The molecule has 26 heavy (non-hydrogen) atoms. The minimum atomic E-state index is 0.0371.